The fourth-order valence-corrected chi connectivity index (χ4v) is 1.72. The number of pyridine rings is 1. The average molecular weight is 271 g/mol. The standard InChI is InChI=1S/C12H15ClN2O3/c1-6(2)10(12(17)18)15-11(16)8-5-14-7(3)4-9(8)13/h4-6,10H,1-3H3,(H,15,16)(H,17,18)/t10-/m1/s1. The molecule has 0 saturated heterocycles. The van der Waals surface area contributed by atoms with E-state index in [1.54, 1.807) is 26.8 Å². The minimum Gasteiger partial charge on any atom is -0.480 e. The highest BCUT2D eigenvalue weighted by Crippen LogP contribution is 2.16. The molecule has 1 aromatic heterocycles. The Morgan fingerprint density at radius 2 is 2.06 bits per heavy atom. The summed E-state index contributed by atoms with van der Waals surface area (Å²) in [5.41, 5.74) is 0.865. The van der Waals surface area contributed by atoms with Crippen LogP contribution >= 0.6 is 11.6 Å². The van der Waals surface area contributed by atoms with Gasteiger partial charge in [-0.05, 0) is 18.9 Å². The number of aromatic nitrogens is 1. The fourth-order valence-electron chi connectivity index (χ4n) is 1.43. The predicted molar refractivity (Wildman–Crippen MR) is 67.7 cm³/mol. The zero-order valence-corrected chi connectivity index (χ0v) is 11.2. The molecular weight excluding hydrogens is 256 g/mol. The first-order valence-electron chi connectivity index (χ1n) is 5.48. The third kappa shape index (κ3) is 3.43. The number of carboxylic acids is 1. The van der Waals surface area contributed by atoms with E-state index < -0.39 is 17.9 Å². The lowest BCUT2D eigenvalue weighted by Crippen LogP contribution is -2.44. The molecule has 5 nitrogen and oxygen atoms in total. The zero-order valence-electron chi connectivity index (χ0n) is 10.4. The number of hydrogen-bond donors (Lipinski definition) is 2. The fraction of sp³-hybridized carbons (Fsp3) is 0.417. The van der Waals surface area contributed by atoms with Gasteiger partial charge in [-0.3, -0.25) is 9.78 Å². The number of hydrogen-bond acceptors (Lipinski definition) is 3. The molecule has 2 N–H and O–H groups in total. The van der Waals surface area contributed by atoms with Gasteiger partial charge in [0, 0.05) is 11.9 Å². The highest BCUT2D eigenvalue weighted by Gasteiger charge is 2.24. The molecule has 0 radical (unpaired) electrons. The van der Waals surface area contributed by atoms with Gasteiger partial charge >= 0.3 is 5.97 Å². The average Bonchev–Trinajstić information content (AvgIpc) is 2.24. The summed E-state index contributed by atoms with van der Waals surface area (Å²) in [6.45, 7) is 5.18. The molecule has 1 aromatic rings. The first-order chi connectivity index (χ1) is 8.32. The van der Waals surface area contributed by atoms with Gasteiger partial charge in [-0.2, -0.15) is 0 Å². The van der Waals surface area contributed by atoms with Crippen LogP contribution in [0.1, 0.15) is 29.9 Å². The Morgan fingerprint density at radius 1 is 1.44 bits per heavy atom. The number of carboxylic acid groups (broad SMARTS) is 1. The molecule has 98 valence electrons. The normalized spacial score (nSPS) is 12.3. The van der Waals surface area contributed by atoms with Crippen LogP contribution in [0, 0.1) is 12.8 Å². The molecule has 0 fully saturated rings. The van der Waals surface area contributed by atoms with Crippen LogP contribution in [0.15, 0.2) is 12.3 Å². The van der Waals surface area contributed by atoms with Crippen LogP contribution in [0.4, 0.5) is 0 Å². The Morgan fingerprint density at radius 3 is 2.50 bits per heavy atom. The summed E-state index contributed by atoms with van der Waals surface area (Å²) in [6, 6.07) is 0.608. The number of carbonyl (C=O) groups excluding carboxylic acids is 1. The molecule has 0 aliphatic heterocycles. The number of aliphatic carboxylic acids is 1. The Bertz CT molecular complexity index is 474. The smallest absolute Gasteiger partial charge is 0.326 e. The minimum absolute atomic E-state index is 0.175. The Hall–Kier alpha value is -1.62. The minimum atomic E-state index is -1.07. The molecular formula is C12H15ClN2O3. The van der Waals surface area contributed by atoms with Crippen molar-refractivity contribution >= 4 is 23.5 Å². The van der Waals surface area contributed by atoms with Gasteiger partial charge in [0.1, 0.15) is 6.04 Å². The van der Waals surface area contributed by atoms with Crippen LogP contribution in [0.5, 0.6) is 0 Å². The molecule has 6 heteroatoms. The summed E-state index contributed by atoms with van der Waals surface area (Å²) < 4.78 is 0. The van der Waals surface area contributed by atoms with Crippen molar-refractivity contribution < 1.29 is 14.7 Å². The monoisotopic (exact) mass is 270 g/mol. The van der Waals surface area contributed by atoms with Crippen molar-refractivity contribution in [2.45, 2.75) is 26.8 Å². The number of nitrogens with one attached hydrogen (secondary N) is 1. The van der Waals surface area contributed by atoms with Crippen LogP contribution in [0.3, 0.4) is 0 Å². The largest absolute Gasteiger partial charge is 0.480 e. The molecule has 0 aromatic carbocycles. The van der Waals surface area contributed by atoms with E-state index in [1.165, 1.54) is 6.20 Å². The van der Waals surface area contributed by atoms with Gasteiger partial charge in [-0.1, -0.05) is 25.4 Å². The molecule has 1 atom stereocenters. The number of halogens is 1. The lowest BCUT2D eigenvalue weighted by Gasteiger charge is -2.18. The number of aryl methyl sites for hydroxylation is 1. The first-order valence-corrected chi connectivity index (χ1v) is 5.86. The molecule has 18 heavy (non-hydrogen) atoms. The Labute approximate surface area is 110 Å². The van der Waals surface area contributed by atoms with Gasteiger partial charge < -0.3 is 10.4 Å². The molecule has 1 heterocycles. The molecule has 0 aliphatic rings. The summed E-state index contributed by atoms with van der Waals surface area (Å²) in [5, 5.41) is 11.7. The van der Waals surface area contributed by atoms with Crippen molar-refractivity contribution in [3.05, 3.63) is 28.5 Å². The molecule has 0 bridgehead atoms. The lowest BCUT2D eigenvalue weighted by molar-refractivity contribution is -0.140. The maximum Gasteiger partial charge on any atom is 0.326 e. The SMILES string of the molecule is Cc1cc(Cl)c(C(=O)N[C@@H](C(=O)O)C(C)C)cn1. The van der Waals surface area contributed by atoms with Crippen molar-refractivity contribution in [3.63, 3.8) is 0 Å². The van der Waals surface area contributed by atoms with Crippen LogP contribution in [0.2, 0.25) is 5.02 Å². The van der Waals surface area contributed by atoms with Gasteiger partial charge in [0.15, 0.2) is 0 Å². The lowest BCUT2D eigenvalue weighted by atomic mass is 10.0. The highest BCUT2D eigenvalue weighted by atomic mass is 35.5. The topological polar surface area (TPSA) is 79.3 Å². The number of amides is 1. The van der Waals surface area contributed by atoms with Crippen molar-refractivity contribution in [2.24, 2.45) is 5.92 Å². The number of nitrogens with zero attached hydrogens (tertiary/aromatic N) is 1. The van der Waals surface area contributed by atoms with E-state index in [-0.39, 0.29) is 16.5 Å². The van der Waals surface area contributed by atoms with Crippen LogP contribution in [-0.4, -0.2) is 28.0 Å². The summed E-state index contributed by atoms with van der Waals surface area (Å²) >= 11 is 5.92. The number of carbonyl (C=O) groups is 2. The van der Waals surface area contributed by atoms with Crippen molar-refractivity contribution in [2.75, 3.05) is 0 Å². The molecule has 0 saturated carbocycles. The number of rotatable bonds is 4. The first kappa shape index (κ1) is 14.4. The Balaban J connectivity index is 2.91. The third-order valence-electron chi connectivity index (χ3n) is 2.45. The van der Waals surface area contributed by atoms with Gasteiger partial charge in [0.2, 0.25) is 0 Å². The molecule has 0 unspecified atom stereocenters. The summed E-state index contributed by atoms with van der Waals surface area (Å²) in [6.07, 6.45) is 1.34. The van der Waals surface area contributed by atoms with Crippen molar-refractivity contribution in [1.82, 2.24) is 10.3 Å². The van der Waals surface area contributed by atoms with E-state index in [9.17, 15) is 9.59 Å². The van der Waals surface area contributed by atoms with E-state index in [0.717, 1.165) is 0 Å². The highest BCUT2D eigenvalue weighted by molar-refractivity contribution is 6.33. The molecule has 1 amide bonds. The van der Waals surface area contributed by atoms with Crippen molar-refractivity contribution in [1.29, 1.82) is 0 Å². The second-order valence-corrected chi connectivity index (χ2v) is 4.75. The summed E-state index contributed by atoms with van der Waals surface area (Å²) in [7, 11) is 0. The maximum absolute atomic E-state index is 11.9. The third-order valence-corrected chi connectivity index (χ3v) is 2.77. The summed E-state index contributed by atoms with van der Waals surface area (Å²) in [4.78, 5) is 26.8. The van der Waals surface area contributed by atoms with Crippen molar-refractivity contribution in [3.8, 4) is 0 Å². The van der Waals surface area contributed by atoms with E-state index >= 15 is 0 Å². The van der Waals surface area contributed by atoms with Crippen LogP contribution < -0.4 is 5.32 Å². The van der Waals surface area contributed by atoms with E-state index in [0.29, 0.717) is 5.69 Å². The van der Waals surface area contributed by atoms with E-state index in [2.05, 4.69) is 10.3 Å². The van der Waals surface area contributed by atoms with Gasteiger partial charge in [0.05, 0.1) is 10.6 Å². The Kier molecular flexibility index (Phi) is 4.67. The zero-order chi connectivity index (χ0) is 13.9. The van der Waals surface area contributed by atoms with Gasteiger partial charge in [-0.15, -0.1) is 0 Å². The summed E-state index contributed by atoms with van der Waals surface area (Å²) in [5.74, 6) is -1.83. The molecule has 0 spiro atoms. The molecule has 0 aliphatic carbocycles. The quantitative estimate of drug-likeness (QED) is 0.875. The molecule has 1 rings (SSSR count). The van der Waals surface area contributed by atoms with Gasteiger partial charge in [0.25, 0.3) is 5.91 Å². The van der Waals surface area contributed by atoms with E-state index in [4.69, 9.17) is 16.7 Å². The second kappa shape index (κ2) is 5.82. The predicted octanol–water partition coefficient (Wildman–Crippen LogP) is 1.88. The van der Waals surface area contributed by atoms with Crippen LogP contribution in [-0.2, 0) is 4.79 Å². The van der Waals surface area contributed by atoms with Crippen LogP contribution in [0.25, 0.3) is 0 Å². The van der Waals surface area contributed by atoms with E-state index in [1.807, 2.05) is 0 Å². The maximum atomic E-state index is 11.9. The second-order valence-electron chi connectivity index (χ2n) is 4.34. The van der Waals surface area contributed by atoms with Gasteiger partial charge in [-0.25, -0.2) is 4.79 Å².